The molecule has 0 amide bonds. The molecule has 0 aliphatic heterocycles. The molecule has 3 heteroatoms. The van der Waals surface area contributed by atoms with E-state index in [2.05, 4.69) is 13.8 Å². The standard InChI is InChI=1S/C21H28O3/c1-5-19-9-8-17(23)14(4)20(11-19)18-13(3)16(22)7-6-15(18)10-12(2)21(19,20)24/h6-7,12,14,22,24H,5,8-11H2,1-4H3. The maximum Gasteiger partial charge on any atom is 0.136 e. The molecule has 0 radical (unpaired) electrons. The van der Waals surface area contributed by atoms with E-state index in [4.69, 9.17) is 0 Å². The second-order valence-corrected chi connectivity index (χ2v) is 8.59. The summed E-state index contributed by atoms with van der Waals surface area (Å²) in [5.74, 6) is 0.463. The molecule has 0 aromatic heterocycles. The summed E-state index contributed by atoms with van der Waals surface area (Å²) in [6.07, 6.45) is 3.95. The van der Waals surface area contributed by atoms with E-state index >= 15 is 0 Å². The van der Waals surface area contributed by atoms with Crippen LogP contribution in [-0.2, 0) is 16.6 Å². The number of rotatable bonds is 1. The number of phenolic OH excluding ortho intramolecular Hbond substituents is 1. The first-order valence-corrected chi connectivity index (χ1v) is 9.32. The summed E-state index contributed by atoms with van der Waals surface area (Å²) < 4.78 is 0. The van der Waals surface area contributed by atoms with Gasteiger partial charge in [0.2, 0.25) is 0 Å². The highest BCUT2D eigenvalue weighted by molar-refractivity contribution is 5.85. The Morgan fingerprint density at radius 2 is 2.00 bits per heavy atom. The molecule has 4 rings (SSSR count). The van der Waals surface area contributed by atoms with Crippen LogP contribution in [-0.4, -0.2) is 21.6 Å². The smallest absolute Gasteiger partial charge is 0.136 e. The van der Waals surface area contributed by atoms with Gasteiger partial charge in [0, 0.05) is 23.2 Å². The first kappa shape index (κ1) is 16.1. The zero-order chi connectivity index (χ0) is 17.5. The second kappa shape index (κ2) is 4.63. The van der Waals surface area contributed by atoms with Crippen LogP contribution in [0.1, 0.15) is 63.1 Å². The SMILES string of the molecule is CCC12CCC(=O)C(C)C3(C1)c1c(ccc(O)c1C)CC(C)C23O. The fourth-order valence-corrected chi connectivity index (χ4v) is 6.84. The summed E-state index contributed by atoms with van der Waals surface area (Å²) in [7, 11) is 0. The molecule has 3 aliphatic rings. The number of aromatic hydroxyl groups is 1. The van der Waals surface area contributed by atoms with E-state index in [0.717, 1.165) is 36.8 Å². The Morgan fingerprint density at radius 1 is 1.29 bits per heavy atom. The van der Waals surface area contributed by atoms with Crippen molar-refractivity contribution in [2.24, 2.45) is 17.3 Å². The van der Waals surface area contributed by atoms with Crippen LogP contribution in [0.25, 0.3) is 0 Å². The summed E-state index contributed by atoms with van der Waals surface area (Å²) in [5, 5.41) is 22.4. The van der Waals surface area contributed by atoms with Gasteiger partial charge >= 0.3 is 0 Å². The number of hydrogen-bond donors (Lipinski definition) is 2. The van der Waals surface area contributed by atoms with Crippen LogP contribution in [0.5, 0.6) is 5.75 Å². The predicted octanol–water partition coefficient (Wildman–Crippen LogP) is 3.66. The van der Waals surface area contributed by atoms with Crippen molar-refractivity contribution < 1.29 is 15.0 Å². The monoisotopic (exact) mass is 328 g/mol. The number of ketones is 1. The number of carbonyl (C=O) groups is 1. The van der Waals surface area contributed by atoms with Crippen molar-refractivity contribution in [3.8, 4) is 5.75 Å². The molecule has 2 bridgehead atoms. The number of fused-ring (bicyclic) bond motifs is 3. The Balaban J connectivity index is 2.07. The Bertz CT molecular complexity index is 739. The summed E-state index contributed by atoms with van der Waals surface area (Å²) in [5.41, 5.74) is 1.56. The fourth-order valence-electron chi connectivity index (χ4n) is 6.84. The molecule has 3 aliphatic carbocycles. The third-order valence-electron chi connectivity index (χ3n) is 8.06. The summed E-state index contributed by atoms with van der Waals surface area (Å²) in [6, 6.07) is 3.76. The van der Waals surface area contributed by atoms with E-state index in [0.29, 0.717) is 6.42 Å². The minimum atomic E-state index is -0.855. The van der Waals surface area contributed by atoms with E-state index in [1.807, 2.05) is 19.9 Å². The maximum absolute atomic E-state index is 12.8. The molecule has 1 aromatic carbocycles. The number of phenols is 1. The zero-order valence-electron chi connectivity index (χ0n) is 15.1. The lowest BCUT2D eigenvalue weighted by Gasteiger charge is -2.74. The van der Waals surface area contributed by atoms with Gasteiger partial charge in [-0.05, 0) is 61.3 Å². The van der Waals surface area contributed by atoms with E-state index in [1.54, 1.807) is 6.07 Å². The third kappa shape index (κ3) is 1.43. The van der Waals surface area contributed by atoms with Crippen LogP contribution >= 0.6 is 0 Å². The quantitative estimate of drug-likeness (QED) is 0.827. The summed E-state index contributed by atoms with van der Waals surface area (Å²) >= 11 is 0. The molecule has 2 fully saturated rings. The molecular weight excluding hydrogens is 300 g/mol. The molecule has 0 saturated heterocycles. The summed E-state index contributed by atoms with van der Waals surface area (Å²) in [4.78, 5) is 12.8. The Morgan fingerprint density at radius 3 is 2.67 bits per heavy atom. The number of carbonyl (C=O) groups excluding carboxylic acids is 1. The topological polar surface area (TPSA) is 57.5 Å². The number of aliphatic hydroxyl groups is 1. The lowest BCUT2D eigenvalue weighted by atomic mass is 9.32. The van der Waals surface area contributed by atoms with Crippen molar-refractivity contribution in [3.63, 3.8) is 0 Å². The first-order valence-electron chi connectivity index (χ1n) is 9.32. The molecule has 130 valence electrons. The van der Waals surface area contributed by atoms with Gasteiger partial charge in [-0.15, -0.1) is 0 Å². The van der Waals surface area contributed by atoms with Gasteiger partial charge in [0.25, 0.3) is 0 Å². The van der Waals surface area contributed by atoms with E-state index < -0.39 is 11.0 Å². The predicted molar refractivity (Wildman–Crippen MR) is 93.1 cm³/mol. The average Bonchev–Trinajstić information content (AvgIpc) is 2.71. The number of benzene rings is 1. The maximum atomic E-state index is 12.8. The van der Waals surface area contributed by atoms with Gasteiger partial charge in [-0.25, -0.2) is 0 Å². The minimum absolute atomic E-state index is 0.121. The van der Waals surface area contributed by atoms with Gasteiger partial charge in [0.15, 0.2) is 0 Å². The Hall–Kier alpha value is -1.35. The van der Waals surface area contributed by atoms with Crippen LogP contribution in [0, 0.1) is 24.2 Å². The van der Waals surface area contributed by atoms with Crippen LogP contribution in [0.15, 0.2) is 12.1 Å². The largest absolute Gasteiger partial charge is 0.508 e. The van der Waals surface area contributed by atoms with E-state index in [-0.39, 0.29) is 28.8 Å². The molecule has 2 saturated carbocycles. The first-order chi connectivity index (χ1) is 11.2. The molecular formula is C21H28O3. The molecule has 2 N–H and O–H groups in total. The number of hydrogen-bond acceptors (Lipinski definition) is 3. The van der Waals surface area contributed by atoms with Gasteiger partial charge < -0.3 is 10.2 Å². The van der Waals surface area contributed by atoms with Gasteiger partial charge in [-0.2, -0.15) is 0 Å². The van der Waals surface area contributed by atoms with Crippen molar-refractivity contribution in [2.75, 3.05) is 0 Å². The molecule has 5 atom stereocenters. The molecule has 3 nitrogen and oxygen atoms in total. The lowest BCUT2D eigenvalue weighted by Crippen LogP contribution is -2.79. The van der Waals surface area contributed by atoms with Crippen LogP contribution < -0.4 is 0 Å². The van der Waals surface area contributed by atoms with Crippen LogP contribution in [0.3, 0.4) is 0 Å². The average molecular weight is 328 g/mol. The van der Waals surface area contributed by atoms with Crippen molar-refractivity contribution in [2.45, 2.75) is 70.8 Å². The Kier molecular flexibility index (Phi) is 3.11. The molecule has 0 heterocycles. The minimum Gasteiger partial charge on any atom is -0.508 e. The highest BCUT2D eigenvalue weighted by atomic mass is 16.3. The van der Waals surface area contributed by atoms with Crippen LogP contribution in [0.2, 0.25) is 0 Å². The normalized spacial score (nSPS) is 43.5. The molecule has 24 heavy (non-hydrogen) atoms. The van der Waals surface area contributed by atoms with E-state index in [1.165, 1.54) is 5.56 Å². The Labute approximate surface area is 144 Å². The lowest BCUT2D eigenvalue weighted by molar-refractivity contribution is -0.278. The highest BCUT2D eigenvalue weighted by Gasteiger charge is 2.79. The fraction of sp³-hybridized carbons (Fsp3) is 0.667. The molecule has 1 spiro atoms. The van der Waals surface area contributed by atoms with Gasteiger partial charge in [0.1, 0.15) is 11.5 Å². The van der Waals surface area contributed by atoms with Crippen molar-refractivity contribution in [1.29, 1.82) is 0 Å². The third-order valence-corrected chi connectivity index (χ3v) is 8.06. The van der Waals surface area contributed by atoms with E-state index in [9.17, 15) is 15.0 Å². The summed E-state index contributed by atoms with van der Waals surface area (Å²) in [6.45, 7) is 8.24. The van der Waals surface area contributed by atoms with Crippen LogP contribution in [0.4, 0.5) is 0 Å². The van der Waals surface area contributed by atoms with Gasteiger partial charge in [0.05, 0.1) is 5.60 Å². The molecule has 5 unspecified atom stereocenters. The van der Waals surface area contributed by atoms with Crippen molar-refractivity contribution >= 4 is 5.78 Å². The van der Waals surface area contributed by atoms with Crippen molar-refractivity contribution in [1.82, 2.24) is 0 Å². The van der Waals surface area contributed by atoms with Gasteiger partial charge in [-0.1, -0.05) is 26.8 Å². The number of Topliss-reactive ketones (excluding diaryl/α,β-unsaturated/α-hetero) is 1. The second-order valence-electron chi connectivity index (χ2n) is 8.59. The zero-order valence-corrected chi connectivity index (χ0v) is 15.1. The van der Waals surface area contributed by atoms with Gasteiger partial charge in [-0.3, -0.25) is 4.79 Å². The molecule has 1 aromatic rings. The van der Waals surface area contributed by atoms with Crippen molar-refractivity contribution in [3.05, 3.63) is 28.8 Å². The highest BCUT2D eigenvalue weighted by Crippen LogP contribution is 2.75.